The van der Waals surface area contributed by atoms with E-state index in [4.69, 9.17) is 4.42 Å². The Hall–Kier alpha value is -1.89. The van der Waals surface area contributed by atoms with E-state index in [0.717, 1.165) is 27.2 Å². The van der Waals surface area contributed by atoms with Crippen LogP contribution < -0.4 is 4.90 Å². The van der Waals surface area contributed by atoms with Crippen molar-refractivity contribution in [3.05, 3.63) is 35.1 Å². The molecule has 3 aromatic heterocycles. The molecular formula is C13H14BrN5O. The van der Waals surface area contributed by atoms with Crippen molar-refractivity contribution in [2.45, 2.75) is 13.0 Å². The van der Waals surface area contributed by atoms with Crippen LogP contribution in [0.3, 0.4) is 0 Å². The predicted octanol–water partition coefficient (Wildman–Crippen LogP) is 2.92. The van der Waals surface area contributed by atoms with Crippen LogP contribution in [0, 0.1) is 0 Å². The lowest BCUT2D eigenvalue weighted by Gasteiger charge is -2.24. The van der Waals surface area contributed by atoms with Crippen LogP contribution in [0.15, 0.2) is 33.7 Å². The number of anilines is 1. The predicted molar refractivity (Wildman–Crippen MR) is 79.5 cm³/mol. The molecule has 1 atom stereocenters. The van der Waals surface area contributed by atoms with Gasteiger partial charge in [0.05, 0.1) is 17.7 Å². The minimum atomic E-state index is 0.0650. The van der Waals surface area contributed by atoms with Crippen LogP contribution in [0.2, 0.25) is 0 Å². The summed E-state index contributed by atoms with van der Waals surface area (Å²) in [6, 6.07) is 3.91. The number of rotatable bonds is 3. The molecule has 3 aromatic rings. The van der Waals surface area contributed by atoms with Crippen molar-refractivity contribution in [1.29, 1.82) is 0 Å². The van der Waals surface area contributed by atoms with E-state index in [2.05, 4.69) is 42.8 Å². The maximum Gasteiger partial charge on any atom is 0.164 e. The molecule has 0 aliphatic rings. The third kappa shape index (κ3) is 1.98. The van der Waals surface area contributed by atoms with Gasteiger partial charge in [-0.1, -0.05) is 0 Å². The summed E-state index contributed by atoms with van der Waals surface area (Å²) in [5.41, 5.74) is 0.792. The number of aromatic nitrogens is 4. The molecular weight excluding hydrogens is 322 g/mol. The largest absolute Gasteiger partial charge is 0.467 e. The first-order valence-corrected chi connectivity index (χ1v) is 6.98. The number of halogens is 1. The highest BCUT2D eigenvalue weighted by atomic mass is 79.9. The average molecular weight is 336 g/mol. The molecule has 104 valence electrons. The fourth-order valence-electron chi connectivity index (χ4n) is 2.20. The number of hydrogen-bond donors (Lipinski definition) is 0. The zero-order chi connectivity index (χ0) is 14.3. The van der Waals surface area contributed by atoms with Crippen molar-refractivity contribution >= 4 is 32.8 Å². The summed E-state index contributed by atoms with van der Waals surface area (Å²) in [7, 11) is 3.84. The minimum absolute atomic E-state index is 0.0650. The van der Waals surface area contributed by atoms with Crippen LogP contribution >= 0.6 is 15.9 Å². The summed E-state index contributed by atoms with van der Waals surface area (Å²) in [6.07, 6.45) is 3.23. The van der Waals surface area contributed by atoms with E-state index in [1.807, 2.05) is 26.2 Å². The Bertz CT molecular complexity index is 737. The monoisotopic (exact) mass is 335 g/mol. The Balaban J connectivity index is 2.10. The van der Waals surface area contributed by atoms with Gasteiger partial charge in [0, 0.05) is 14.1 Å². The Morgan fingerprint density at radius 1 is 1.40 bits per heavy atom. The standard InChI is InChI=1S/C13H14BrN5O/c1-8(9-5-4-6-20-9)18(2)12-10-11(14)17-19(3)13(10)16-7-15-12/h4-8H,1-3H3/t8-/m0/s1. The fraction of sp³-hybridized carbons (Fsp3) is 0.308. The minimum Gasteiger partial charge on any atom is -0.467 e. The van der Waals surface area contributed by atoms with Gasteiger partial charge in [0.1, 0.15) is 22.5 Å². The third-order valence-electron chi connectivity index (χ3n) is 3.43. The van der Waals surface area contributed by atoms with Gasteiger partial charge in [0.25, 0.3) is 0 Å². The molecule has 0 aliphatic heterocycles. The van der Waals surface area contributed by atoms with Gasteiger partial charge in [-0.2, -0.15) is 5.10 Å². The van der Waals surface area contributed by atoms with Crippen LogP contribution in [0.25, 0.3) is 11.0 Å². The molecule has 20 heavy (non-hydrogen) atoms. The van der Waals surface area contributed by atoms with Gasteiger partial charge >= 0.3 is 0 Å². The Morgan fingerprint density at radius 2 is 2.20 bits per heavy atom. The van der Waals surface area contributed by atoms with Crippen LogP contribution in [0.5, 0.6) is 0 Å². The van der Waals surface area contributed by atoms with E-state index < -0.39 is 0 Å². The van der Waals surface area contributed by atoms with E-state index in [1.54, 1.807) is 17.3 Å². The quantitative estimate of drug-likeness (QED) is 0.736. The van der Waals surface area contributed by atoms with Crippen molar-refractivity contribution in [2.75, 3.05) is 11.9 Å². The first-order chi connectivity index (χ1) is 9.59. The van der Waals surface area contributed by atoms with Crippen molar-refractivity contribution in [1.82, 2.24) is 19.7 Å². The molecule has 0 fully saturated rings. The summed E-state index contributed by atoms with van der Waals surface area (Å²) < 4.78 is 7.94. The van der Waals surface area contributed by atoms with E-state index >= 15 is 0 Å². The van der Waals surface area contributed by atoms with E-state index in [0.29, 0.717) is 0 Å². The molecule has 3 heterocycles. The van der Waals surface area contributed by atoms with E-state index in [1.165, 1.54) is 0 Å². The molecule has 0 radical (unpaired) electrons. The lowest BCUT2D eigenvalue weighted by atomic mass is 10.2. The number of nitrogens with zero attached hydrogens (tertiary/aromatic N) is 5. The van der Waals surface area contributed by atoms with Crippen LogP contribution in [-0.2, 0) is 7.05 Å². The first kappa shape index (κ1) is 13.1. The van der Waals surface area contributed by atoms with Gasteiger partial charge < -0.3 is 9.32 Å². The summed E-state index contributed by atoms with van der Waals surface area (Å²) >= 11 is 3.47. The van der Waals surface area contributed by atoms with Gasteiger partial charge in [0.2, 0.25) is 0 Å². The first-order valence-electron chi connectivity index (χ1n) is 6.19. The molecule has 0 N–H and O–H groups in total. The molecule has 0 spiro atoms. The fourth-order valence-corrected chi connectivity index (χ4v) is 2.79. The number of fused-ring (bicyclic) bond motifs is 1. The molecule has 0 saturated heterocycles. The van der Waals surface area contributed by atoms with Gasteiger partial charge in [-0.05, 0) is 35.0 Å². The molecule has 0 aliphatic carbocycles. The van der Waals surface area contributed by atoms with Crippen molar-refractivity contribution in [3.8, 4) is 0 Å². The van der Waals surface area contributed by atoms with Crippen molar-refractivity contribution < 1.29 is 4.42 Å². The topological polar surface area (TPSA) is 60.0 Å². The second kappa shape index (κ2) is 4.90. The molecule has 0 unspecified atom stereocenters. The van der Waals surface area contributed by atoms with Crippen LogP contribution in [-0.4, -0.2) is 26.8 Å². The lowest BCUT2D eigenvalue weighted by molar-refractivity contribution is 0.470. The van der Waals surface area contributed by atoms with Crippen LogP contribution in [0.1, 0.15) is 18.7 Å². The molecule has 0 amide bonds. The second-order valence-electron chi connectivity index (χ2n) is 4.61. The highest BCUT2D eigenvalue weighted by molar-refractivity contribution is 9.10. The third-order valence-corrected chi connectivity index (χ3v) is 3.98. The van der Waals surface area contributed by atoms with E-state index in [9.17, 15) is 0 Å². The SMILES string of the molecule is C[C@@H](c1ccco1)N(C)c1ncnc2c1c(Br)nn2C. The maximum atomic E-state index is 5.47. The highest BCUT2D eigenvalue weighted by Crippen LogP contribution is 2.32. The molecule has 0 aromatic carbocycles. The zero-order valence-electron chi connectivity index (χ0n) is 11.4. The average Bonchev–Trinajstić information content (AvgIpc) is 3.07. The molecule has 7 heteroatoms. The van der Waals surface area contributed by atoms with Gasteiger partial charge in [-0.15, -0.1) is 0 Å². The summed E-state index contributed by atoms with van der Waals surface area (Å²) in [5.74, 6) is 1.71. The maximum absolute atomic E-state index is 5.47. The Morgan fingerprint density at radius 3 is 2.90 bits per heavy atom. The van der Waals surface area contributed by atoms with Crippen molar-refractivity contribution in [2.24, 2.45) is 7.05 Å². The highest BCUT2D eigenvalue weighted by Gasteiger charge is 2.21. The van der Waals surface area contributed by atoms with Crippen LogP contribution in [0.4, 0.5) is 5.82 Å². The second-order valence-corrected chi connectivity index (χ2v) is 5.36. The van der Waals surface area contributed by atoms with Gasteiger partial charge in [-0.25, -0.2) is 14.6 Å². The van der Waals surface area contributed by atoms with E-state index in [-0.39, 0.29) is 6.04 Å². The smallest absolute Gasteiger partial charge is 0.164 e. The number of furan rings is 1. The summed E-state index contributed by atoms with van der Waals surface area (Å²) in [6.45, 7) is 2.07. The lowest BCUT2D eigenvalue weighted by Crippen LogP contribution is -2.22. The molecule has 6 nitrogen and oxygen atoms in total. The molecule has 0 bridgehead atoms. The normalized spacial score (nSPS) is 12.8. The number of aryl methyl sites for hydroxylation is 1. The Kier molecular flexibility index (Phi) is 3.21. The zero-order valence-corrected chi connectivity index (χ0v) is 13.0. The van der Waals surface area contributed by atoms with Gasteiger partial charge in [0.15, 0.2) is 5.65 Å². The Labute approximate surface area is 124 Å². The van der Waals surface area contributed by atoms with Gasteiger partial charge in [-0.3, -0.25) is 0 Å². The van der Waals surface area contributed by atoms with Crippen molar-refractivity contribution in [3.63, 3.8) is 0 Å². The molecule has 3 rings (SSSR count). The molecule has 0 saturated carbocycles. The summed E-state index contributed by atoms with van der Waals surface area (Å²) in [5, 5.41) is 5.24. The summed E-state index contributed by atoms with van der Waals surface area (Å²) in [4.78, 5) is 10.7. The number of hydrogen-bond acceptors (Lipinski definition) is 5.